The molecule has 3 heteroatoms. The van der Waals surface area contributed by atoms with Gasteiger partial charge in [-0.15, -0.1) is 0 Å². The summed E-state index contributed by atoms with van der Waals surface area (Å²) in [5.41, 5.74) is 2.58. The average molecular weight is 272 g/mol. The fourth-order valence-electron chi connectivity index (χ4n) is 2.32. The van der Waals surface area contributed by atoms with Crippen LogP contribution in [0.2, 0.25) is 0 Å². The summed E-state index contributed by atoms with van der Waals surface area (Å²) in [4.78, 5) is 2.35. The number of nitrogens with zero attached hydrogens (tertiary/aromatic N) is 1. The summed E-state index contributed by atoms with van der Waals surface area (Å²) >= 11 is 0. The van der Waals surface area contributed by atoms with Gasteiger partial charge < -0.3 is 14.6 Å². The number of hydrogen-bond donors (Lipinski definition) is 1. The predicted octanol–water partition coefficient (Wildman–Crippen LogP) is 3.98. The highest BCUT2D eigenvalue weighted by Crippen LogP contribution is 2.16. The van der Waals surface area contributed by atoms with Gasteiger partial charge in [-0.3, -0.25) is 0 Å². The molecule has 1 aromatic heterocycles. The van der Waals surface area contributed by atoms with Crippen LogP contribution in [0.25, 0.3) is 0 Å². The smallest absolute Gasteiger partial charge is 0.120 e. The fraction of sp³-hybridized carbons (Fsp3) is 0.412. The van der Waals surface area contributed by atoms with Crippen molar-refractivity contribution in [3.05, 3.63) is 54.0 Å². The van der Waals surface area contributed by atoms with Gasteiger partial charge in [0.15, 0.2) is 0 Å². The van der Waals surface area contributed by atoms with Crippen molar-refractivity contribution in [2.75, 3.05) is 18.0 Å². The molecular weight excluding hydrogens is 248 g/mol. The molecule has 1 atom stereocenters. The molecule has 0 bridgehead atoms. The molecule has 0 aliphatic heterocycles. The van der Waals surface area contributed by atoms with Gasteiger partial charge in [0.05, 0.1) is 12.3 Å². The first-order valence-corrected chi connectivity index (χ1v) is 7.35. The lowest BCUT2D eigenvalue weighted by atomic mass is 10.1. The zero-order chi connectivity index (χ0) is 14.4. The summed E-state index contributed by atoms with van der Waals surface area (Å²) in [6.45, 7) is 9.42. The highest BCUT2D eigenvalue weighted by Gasteiger charge is 2.07. The summed E-state index contributed by atoms with van der Waals surface area (Å²) in [6.07, 6.45) is 1.71. The molecule has 2 rings (SSSR count). The van der Waals surface area contributed by atoms with E-state index in [0.717, 1.165) is 25.4 Å². The molecule has 1 N–H and O–H groups in total. The Labute approximate surface area is 121 Å². The van der Waals surface area contributed by atoms with Gasteiger partial charge in [-0.2, -0.15) is 0 Å². The van der Waals surface area contributed by atoms with E-state index in [1.807, 2.05) is 12.1 Å². The normalized spacial score (nSPS) is 12.3. The lowest BCUT2D eigenvalue weighted by Crippen LogP contribution is -2.22. The van der Waals surface area contributed by atoms with Crippen LogP contribution in [0.3, 0.4) is 0 Å². The standard InChI is InChI=1S/C17H24N2O/c1-4-19(5-2)16-10-8-15(9-11-16)13-18-14(3)17-7-6-12-20-17/h6-12,14,18H,4-5,13H2,1-3H3/t14-/m0/s1. The largest absolute Gasteiger partial charge is 0.468 e. The highest BCUT2D eigenvalue weighted by atomic mass is 16.3. The van der Waals surface area contributed by atoms with Crippen LogP contribution in [-0.4, -0.2) is 13.1 Å². The van der Waals surface area contributed by atoms with Crippen molar-refractivity contribution >= 4 is 5.69 Å². The monoisotopic (exact) mass is 272 g/mol. The molecule has 0 unspecified atom stereocenters. The Balaban J connectivity index is 1.91. The third kappa shape index (κ3) is 3.64. The highest BCUT2D eigenvalue weighted by molar-refractivity contribution is 5.47. The Morgan fingerprint density at radius 2 is 1.80 bits per heavy atom. The molecule has 0 fully saturated rings. The van der Waals surface area contributed by atoms with Crippen LogP contribution in [0.15, 0.2) is 47.1 Å². The second-order valence-corrected chi connectivity index (χ2v) is 4.96. The summed E-state index contributed by atoms with van der Waals surface area (Å²) < 4.78 is 5.39. The third-order valence-electron chi connectivity index (χ3n) is 3.65. The van der Waals surface area contributed by atoms with E-state index in [-0.39, 0.29) is 6.04 Å². The minimum atomic E-state index is 0.229. The van der Waals surface area contributed by atoms with E-state index in [1.165, 1.54) is 11.3 Å². The maximum Gasteiger partial charge on any atom is 0.120 e. The van der Waals surface area contributed by atoms with Crippen LogP contribution in [0.4, 0.5) is 5.69 Å². The Hall–Kier alpha value is -1.74. The van der Waals surface area contributed by atoms with E-state index in [0.29, 0.717) is 0 Å². The SMILES string of the molecule is CCN(CC)c1ccc(CN[C@@H](C)c2ccco2)cc1. The molecule has 2 aromatic rings. The number of rotatable bonds is 7. The minimum Gasteiger partial charge on any atom is -0.468 e. The van der Waals surface area contributed by atoms with Crippen molar-refractivity contribution in [2.24, 2.45) is 0 Å². The van der Waals surface area contributed by atoms with E-state index in [4.69, 9.17) is 4.42 Å². The van der Waals surface area contributed by atoms with Crippen LogP contribution in [0.1, 0.15) is 38.1 Å². The van der Waals surface area contributed by atoms with E-state index < -0.39 is 0 Å². The molecule has 108 valence electrons. The number of anilines is 1. The number of furan rings is 1. The van der Waals surface area contributed by atoms with Crippen LogP contribution in [0, 0.1) is 0 Å². The summed E-state index contributed by atoms with van der Waals surface area (Å²) in [7, 11) is 0. The van der Waals surface area contributed by atoms with E-state index in [2.05, 4.69) is 55.3 Å². The van der Waals surface area contributed by atoms with Gasteiger partial charge in [-0.1, -0.05) is 12.1 Å². The van der Waals surface area contributed by atoms with Crippen LogP contribution in [-0.2, 0) is 6.54 Å². The predicted molar refractivity (Wildman–Crippen MR) is 84.0 cm³/mol. The molecule has 20 heavy (non-hydrogen) atoms. The van der Waals surface area contributed by atoms with Crippen molar-refractivity contribution in [3.63, 3.8) is 0 Å². The van der Waals surface area contributed by atoms with Gasteiger partial charge in [0.1, 0.15) is 5.76 Å². The van der Waals surface area contributed by atoms with E-state index in [9.17, 15) is 0 Å². The Morgan fingerprint density at radius 3 is 2.35 bits per heavy atom. The van der Waals surface area contributed by atoms with E-state index in [1.54, 1.807) is 6.26 Å². The van der Waals surface area contributed by atoms with Crippen LogP contribution >= 0.6 is 0 Å². The molecule has 0 amide bonds. The molecule has 0 aliphatic rings. The first-order chi connectivity index (χ1) is 9.74. The van der Waals surface area contributed by atoms with Crippen molar-refractivity contribution in [3.8, 4) is 0 Å². The summed E-state index contributed by atoms with van der Waals surface area (Å²) in [5.74, 6) is 0.977. The molecule has 0 spiro atoms. The second kappa shape index (κ2) is 7.15. The topological polar surface area (TPSA) is 28.4 Å². The summed E-state index contributed by atoms with van der Waals surface area (Å²) in [5, 5.41) is 3.47. The van der Waals surface area contributed by atoms with Gasteiger partial charge in [0, 0.05) is 25.3 Å². The minimum absolute atomic E-state index is 0.229. The number of benzene rings is 1. The van der Waals surface area contributed by atoms with Gasteiger partial charge in [-0.25, -0.2) is 0 Å². The average Bonchev–Trinajstić information content (AvgIpc) is 3.01. The number of hydrogen-bond acceptors (Lipinski definition) is 3. The molecule has 0 saturated carbocycles. The molecule has 1 aromatic carbocycles. The molecule has 1 heterocycles. The number of nitrogens with one attached hydrogen (secondary N) is 1. The Bertz CT molecular complexity index is 486. The van der Waals surface area contributed by atoms with Crippen LogP contribution in [0.5, 0.6) is 0 Å². The van der Waals surface area contributed by atoms with Gasteiger partial charge in [0.25, 0.3) is 0 Å². The third-order valence-corrected chi connectivity index (χ3v) is 3.65. The lowest BCUT2D eigenvalue weighted by molar-refractivity contribution is 0.430. The Morgan fingerprint density at radius 1 is 1.10 bits per heavy atom. The van der Waals surface area contributed by atoms with E-state index >= 15 is 0 Å². The Kier molecular flexibility index (Phi) is 5.24. The zero-order valence-electron chi connectivity index (χ0n) is 12.6. The van der Waals surface area contributed by atoms with Crippen molar-refractivity contribution in [1.29, 1.82) is 0 Å². The quantitative estimate of drug-likeness (QED) is 0.826. The molecule has 0 saturated heterocycles. The fourth-order valence-corrected chi connectivity index (χ4v) is 2.32. The maximum absolute atomic E-state index is 5.39. The van der Waals surface area contributed by atoms with Crippen molar-refractivity contribution < 1.29 is 4.42 Å². The lowest BCUT2D eigenvalue weighted by Gasteiger charge is -2.21. The molecular formula is C17H24N2O. The first-order valence-electron chi connectivity index (χ1n) is 7.35. The van der Waals surface area contributed by atoms with Gasteiger partial charge in [0.2, 0.25) is 0 Å². The van der Waals surface area contributed by atoms with Gasteiger partial charge in [-0.05, 0) is 50.6 Å². The van der Waals surface area contributed by atoms with Crippen LogP contribution < -0.4 is 10.2 Å². The molecule has 0 radical (unpaired) electrons. The zero-order valence-corrected chi connectivity index (χ0v) is 12.6. The molecule has 3 nitrogen and oxygen atoms in total. The summed E-state index contributed by atoms with van der Waals surface area (Å²) in [6, 6.07) is 12.9. The van der Waals surface area contributed by atoms with Crippen molar-refractivity contribution in [1.82, 2.24) is 5.32 Å². The van der Waals surface area contributed by atoms with Crippen molar-refractivity contribution in [2.45, 2.75) is 33.4 Å². The molecule has 0 aliphatic carbocycles. The first kappa shape index (κ1) is 14.7. The maximum atomic E-state index is 5.39. The second-order valence-electron chi connectivity index (χ2n) is 4.96. The van der Waals surface area contributed by atoms with Gasteiger partial charge >= 0.3 is 0 Å².